The summed E-state index contributed by atoms with van der Waals surface area (Å²) in [5.41, 5.74) is -0.416. The number of hydrogen-bond acceptors (Lipinski definition) is 3. The second kappa shape index (κ2) is 5.42. The topological polar surface area (TPSA) is 44.1 Å². The summed E-state index contributed by atoms with van der Waals surface area (Å²) in [4.78, 5) is 15.2. The van der Waals surface area contributed by atoms with E-state index in [-0.39, 0.29) is 0 Å². The van der Waals surface area contributed by atoms with Gasteiger partial charge in [-0.05, 0) is 31.2 Å². The van der Waals surface area contributed by atoms with Crippen LogP contribution in [0.15, 0.2) is 41.5 Å². The van der Waals surface area contributed by atoms with Crippen molar-refractivity contribution in [1.82, 2.24) is 9.55 Å². The van der Waals surface area contributed by atoms with Gasteiger partial charge in [-0.2, -0.15) is 4.98 Å². The quantitative estimate of drug-likeness (QED) is 0.870. The lowest BCUT2D eigenvalue weighted by Gasteiger charge is -2.16. The van der Waals surface area contributed by atoms with E-state index >= 15 is 0 Å². The van der Waals surface area contributed by atoms with Gasteiger partial charge in [0.15, 0.2) is 6.23 Å². The van der Waals surface area contributed by atoms with E-state index in [1.54, 1.807) is 31.2 Å². The van der Waals surface area contributed by atoms with Crippen LogP contribution in [-0.2, 0) is 0 Å². The minimum atomic E-state index is -0.509. The lowest BCUT2D eigenvalue weighted by atomic mass is 10.3. The summed E-state index contributed by atoms with van der Waals surface area (Å²) in [6.07, 6.45) is 2.28. The monoisotopic (exact) mass is 284 g/mol. The van der Waals surface area contributed by atoms with Gasteiger partial charge in [-0.25, -0.2) is 4.79 Å². The van der Waals surface area contributed by atoms with Gasteiger partial charge < -0.3 is 4.74 Å². The molecule has 6 heteroatoms. The maximum Gasteiger partial charge on any atom is 0.350 e. The molecule has 2 aromatic rings. The van der Waals surface area contributed by atoms with Gasteiger partial charge in [0.2, 0.25) is 0 Å². The summed E-state index contributed by atoms with van der Waals surface area (Å²) in [7, 11) is 0. The van der Waals surface area contributed by atoms with Crippen molar-refractivity contribution in [1.29, 1.82) is 0 Å². The molecule has 0 aliphatic carbocycles. The molecular formula is C12H10Cl2N2O2. The van der Waals surface area contributed by atoms with Gasteiger partial charge in [-0.3, -0.25) is 4.57 Å². The lowest BCUT2D eigenvalue weighted by Crippen LogP contribution is -2.27. The first-order valence-electron chi connectivity index (χ1n) is 5.22. The smallest absolute Gasteiger partial charge is 0.350 e. The molecule has 0 aliphatic rings. The Balaban J connectivity index is 2.21. The Hall–Kier alpha value is -1.52. The number of aromatic nitrogens is 2. The van der Waals surface area contributed by atoms with Crippen LogP contribution in [0.25, 0.3) is 0 Å². The number of nitrogens with zero attached hydrogens (tertiary/aromatic N) is 2. The molecule has 1 unspecified atom stereocenters. The molecule has 18 heavy (non-hydrogen) atoms. The summed E-state index contributed by atoms with van der Waals surface area (Å²) in [6.45, 7) is 1.73. The van der Waals surface area contributed by atoms with E-state index in [4.69, 9.17) is 27.9 Å². The molecule has 0 N–H and O–H groups in total. The zero-order chi connectivity index (χ0) is 13.1. The fraction of sp³-hybridized carbons (Fsp3) is 0.167. The number of rotatable bonds is 3. The molecule has 1 atom stereocenters. The zero-order valence-electron chi connectivity index (χ0n) is 9.51. The highest BCUT2D eigenvalue weighted by Crippen LogP contribution is 2.19. The molecule has 0 saturated carbocycles. The Morgan fingerprint density at radius 1 is 1.22 bits per heavy atom. The Morgan fingerprint density at radius 3 is 2.56 bits per heavy atom. The molecule has 1 heterocycles. The summed E-state index contributed by atoms with van der Waals surface area (Å²) in [5.74, 6) is 0.610. The molecule has 0 fully saturated rings. The lowest BCUT2D eigenvalue weighted by molar-refractivity contribution is 0.146. The van der Waals surface area contributed by atoms with Crippen molar-refractivity contribution in [3.63, 3.8) is 0 Å². The molecule has 0 aliphatic heterocycles. The van der Waals surface area contributed by atoms with Crippen LogP contribution >= 0.6 is 23.2 Å². The van der Waals surface area contributed by atoms with Gasteiger partial charge in [-0.15, -0.1) is 0 Å². The summed E-state index contributed by atoms with van der Waals surface area (Å²) < 4.78 is 6.91. The maximum atomic E-state index is 11.5. The average Bonchev–Trinajstić information content (AvgIpc) is 2.35. The van der Waals surface area contributed by atoms with Gasteiger partial charge >= 0.3 is 5.69 Å². The molecule has 1 aromatic heterocycles. The van der Waals surface area contributed by atoms with Crippen molar-refractivity contribution in [3.8, 4) is 5.75 Å². The first-order chi connectivity index (χ1) is 8.56. The Labute approximate surface area is 114 Å². The van der Waals surface area contributed by atoms with E-state index < -0.39 is 11.9 Å². The third kappa shape index (κ3) is 3.03. The van der Waals surface area contributed by atoms with Crippen LogP contribution in [0.2, 0.25) is 10.0 Å². The van der Waals surface area contributed by atoms with Crippen molar-refractivity contribution in [2.45, 2.75) is 13.2 Å². The van der Waals surface area contributed by atoms with Gasteiger partial charge in [0.25, 0.3) is 0 Å². The molecule has 0 spiro atoms. The van der Waals surface area contributed by atoms with E-state index in [2.05, 4.69) is 4.98 Å². The van der Waals surface area contributed by atoms with Gasteiger partial charge in [-0.1, -0.05) is 23.2 Å². The van der Waals surface area contributed by atoms with Crippen LogP contribution in [0.4, 0.5) is 0 Å². The molecule has 0 saturated heterocycles. The van der Waals surface area contributed by atoms with Crippen molar-refractivity contribution < 1.29 is 4.74 Å². The highest BCUT2D eigenvalue weighted by Gasteiger charge is 2.09. The van der Waals surface area contributed by atoms with Gasteiger partial charge in [0.05, 0.1) is 11.2 Å². The third-order valence-corrected chi connectivity index (χ3v) is 2.74. The minimum absolute atomic E-state index is 0.376. The van der Waals surface area contributed by atoms with E-state index in [9.17, 15) is 4.79 Å². The van der Waals surface area contributed by atoms with Gasteiger partial charge in [0.1, 0.15) is 5.75 Å². The fourth-order valence-electron chi connectivity index (χ4n) is 1.43. The molecule has 0 bridgehead atoms. The highest BCUT2D eigenvalue weighted by atomic mass is 35.5. The predicted octanol–water partition coefficient (Wildman–Crippen LogP) is 3.15. The first kappa shape index (κ1) is 12.9. The fourth-order valence-corrected chi connectivity index (χ4v) is 1.71. The second-order valence-corrected chi connectivity index (χ2v) is 4.51. The molecular weight excluding hydrogens is 275 g/mol. The predicted molar refractivity (Wildman–Crippen MR) is 70.3 cm³/mol. The van der Waals surface area contributed by atoms with Crippen molar-refractivity contribution in [2.24, 2.45) is 0 Å². The molecule has 2 rings (SSSR count). The van der Waals surface area contributed by atoms with Crippen LogP contribution in [0.3, 0.4) is 0 Å². The first-order valence-corrected chi connectivity index (χ1v) is 5.98. The maximum absolute atomic E-state index is 11.5. The summed E-state index contributed by atoms with van der Waals surface area (Å²) in [6, 6.07) is 6.87. The minimum Gasteiger partial charge on any atom is -0.470 e. The number of hydrogen-bond donors (Lipinski definition) is 0. The number of benzene rings is 1. The highest BCUT2D eigenvalue weighted by molar-refractivity contribution is 6.30. The van der Waals surface area contributed by atoms with Crippen LogP contribution in [-0.4, -0.2) is 9.55 Å². The van der Waals surface area contributed by atoms with Crippen LogP contribution in [0.5, 0.6) is 5.75 Å². The zero-order valence-corrected chi connectivity index (χ0v) is 11.0. The third-order valence-electron chi connectivity index (χ3n) is 2.29. The number of halogens is 2. The molecule has 0 amide bonds. The largest absolute Gasteiger partial charge is 0.470 e. The SMILES string of the molecule is CC(Oc1ccc(Cl)cc1)n1cc(Cl)cnc1=O. The van der Waals surface area contributed by atoms with Crippen LogP contribution in [0.1, 0.15) is 13.2 Å². The Kier molecular flexibility index (Phi) is 3.89. The van der Waals surface area contributed by atoms with Crippen LogP contribution < -0.4 is 10.4 Å². The number of ether oxygens (including phenoxy) is 1. The van der Waals surface area contributed by atoms with Crippen molar-refractivity contribution in [2.75, 3.05) is 0 Å². The molecule has 4 nitrogen and oxygen atoms in total. The Bertz CT molecular complexity index is 596. The second-order valence-electron chi connectivity index (χ2n) is 3.63. The summed E-state index contributed by atoms with van der Waals surface area (Å²) >= 11 is 11.6. The van der Waals surface area contributed by atoms with E-state index in [0.717, 1.165) is 0 Å². The van der Waals surface area contributed by atoms with E-state index in [1.165, 1.54) is 17.0 Å². The normalized spacial score (nSPS) is 12.2. The van der Waals surface area contributed by atoms with Crippen LogP contribution in [0, 0.1) is 0 Å². The van der Waals surface area contributed by atoms with Gasteiger partial charge in [0, 0.05) is 11.2 Å². The molecule has 1 aromatic carbocycles. The standard InChI is InChI=1S/C12H10Cl2N2O2/c1-8(16-7-10(14)6-15-12(16)17)18-11-4-2-9(13)3-5-11/h2-8H,1H3. The van der Waals surface area contributed by atoms with E-state index in [0.29, 0.717) is 15.8 Å². The van der Waals surface area contributed by atoms with Crippen molar-refractivity contribution in [3.05, 3.63) is 57.2 Å². The Morgan fingerprint density at radius 2 is 1.89 bits per heavy atom. The van der Waals surface area contributed by atoms with E-state index in [1.807, 2.05) is 0 Å². The average molecular weight is 285 g/mol. The summed E-state index contributed by atoms with van der Waals surface area (Å²) in [5, 5.41) is 0.998. The van der Waals surface area contributed by atoms with Crippen molar-refractivity contribution >= 4 is 23.2 Å². The molecule has 94 valence electrons. The molecule has 0 radical (unpaired) electrons.